The first kappa shape index (κ1) is 20.1. The second-order valence-electron chi connectivity index (χ2n) is 6.10. The number of aryl methyl sites for hydroxylation is 2. The maximum Gasteiger partial charge on any atom is 0.241 e. The Balaban J connectivity index is 2.05. The number of hydrogen-bond donors (Lipinski definition) is 1. The van der Waals surface area contributed by atoms with Crippen LogP contribution >= 0.6 is 0 Å². The molecule has 0 aromatic heterocycles. The topological polar surface area (TPSA) is 73.9 Å². The summed E-state index contributed by atoms with van der Waals surface area (Å²) >= 11 is 0. The van der Waals surface area contributed by atoms with E-state index in [4.69, 9.17) is 14.2 Å². The van der Waals surface area contributed by atoms with E-state index in [0.717, 1.165) is 11.3 Å². The van der Waals surface area contributed by atoms with Crippen LogP contribution in [-0.2, 0) is 10.0 Å². The minimum absolute atomic E-state index is 0.208. The number of methoxy groups -OCH3 is 2. The van der Waals surface area contributed by atoms with Gasteiger partial charge < -0.3 is 14.2 Å². The Morgan fingerprint density at radius 3 is 2.15 bits per heavy atom. The molecule has 1 atom stereocenters. The third-order valence-corrected chi connectivity index (χ3v) is 5.63. The van der Waals surface area contributed by atoms with Crippen LogP contribution in [0.4, 0.5) is 0 Å². The van der Waals surface area contributed by atoms with Gasteiger partial charge >= 0.3 is 0 Å². The minimum atomic E-state index is -3.66. The van der Waals surface area contributed by atoms with E-state index in [2.05, 4.69) is 4.72 Å². The van der Waals surface area contributed by atoms with E-state index < -0.39 is 16.1 Å². The fourth-order valence-electron chi connectivity index (χ4n) is 2.53. The van der Waals surface area contributed by atoms with Crippen molar-refractivity contribution in [1.82, 2.24) is 4.72 Å². The van der Waals surface area contributed by atoms with Crippen molar-refractivity contribution < 1.29 is 22.6 Å². The smallest absolute Gasteiger partial charge is 0.241 e. The van der Waals surface area contributed by atoms with E-state index in [1.54, 1.807) is 64.5 Å². The zero-order valence-corrected chi connectivity index (χ0v) is 16.5. The van der Waals surface area contributed by atoms with Crippen molar-refractivity contribution in [2.24, 2.45) is 0 Å². The summed E-state index contributed by atoms with van der Waals surface area (Å²) < 4.78 is 44.0. The van der Waals surface area contributed by atoms with Crippen molar-refractivity contribution in [3.63, 3.8) is 0 Å². The highest BCUT2D eigenvalue weighted by Crippen LogP contribution is 2.25. The molecule has 0 amide bonds. The molecule has 0 radical (unpaired) electrons. The van der Waals surface area contributed by atoms with E-state index >= 15 is 0 Å². The van der Waals surface area contributed by atoms with Gasteiger partial charge in [-0.05, 0) is 68.3 Å². The summed E-state index contributed by atoms with van der Waals surface area (Å²) in [6.45, 7) is 5.52. The molecule has 2 rings (SSSR count). The van der Waals surface area contributed by atoms with Gasteiger partial charge in [0.1, 0.15) is 23.9 Å². The SMILES string of the molecule is COc1ccc(OC[C@@H](C)NS(=O)(=O)c2cc(C)c(OC)cc2C)cc1. The molecule has 0 spiro atoms. The van der Waals surface area contributed by atoms with Crippen LogP contribution in [0.3, 0.4) is 0 Å². The maximum atomic E-state index is 12.7. The van der Waals surface area contributed by atoms with Crippen LogP contribution in [0.1, 0.15) is 18.1 Å². The van der Waals surface area contributed by atoms with Gasteiger partial charge in [-0.25, -0.2) is 13.1 Å². The molecule has 0 aliphatic heterocycles. The van der Waals surface area contributed by atoms with E-state index in [9.17, 15) is 8.42 Å². The molecule has 7 heteroatoms. The Kier molecular flexibility index (Phi) is 6.50. The highest BCUT2D eigenvalue weighted by Gasteiger charge is 2.21. The van der Waals surface area contributed by atoms with Crippen molar-refractivity contribution >= 4 is 10.0 Å². The molecule has 0 fully saturated rings. The molecule has 0 bridgehead atoms. The fourth-order valence-corrected chi connectivity index (χ4v) is 4.07. The van der Waals surface area contributed by atoms with Gasteiger partial charge in [0.2, 0.25) is 10.0 Å². The number of hydrogen-bond acceptors (Lipinski definition) is 5. The lowest BCUT2D eigenvalue weighted by atomic mass is 10.1. The maximum absolute atomic E-state index is 12.7. The Morgan fingerprint density at radius 1 is 0.962 bits per heavy atom. The first-order valence-corrected chi connectivity index (χ1v) is 9.69. The average molecular weight is 379 g/mol. The molecule has 6 nitrogen and oxygen atoms in total. The van der Waals surface area contributed by atoms with E-state index in [-0.39, 0.29) is 11.5 Å². The Labute approximate surface area is 155 Å². The number of benzene rings is 2. The van der Waals surface area contributed by atoms with Gasteiger partial charge in [0.15, 0.2) is 0 Å². The van der Waals surface area contributed by atoms with Crippen LogP contribution in [0, 0.1) is 13.8 Å². The van der Waals surface area contributed by atoms with Gasteiger partial charge in [0.25, 0.3) is 0 Å². The molecule has 2 aromatic rings. The number of ether oxygens (including phenoxy) is 3. The molecule has 0 heterocycles. The van der Waals surface area contributed by atoms with Crippen molar-refractivity contribution in [1.29, 1.82) is 0 Å². The first-order chi connectivity index (χ1) is 12.3. The largest absolute Gasteiger partial charge is 0.497 e. The lowest BCUT2D eigenvalue weighted by Gasteiger charge is -2.17. The highest BCUT2D eigenvalue weighted by molar-refractivity contribution is 7.89. The molecule has 0 aliphatic rings. The lowest BCUT2D eigenvalue weighted by molar-refractivity contribution is 0.287. The number of nitrogens with one attached hydrogen (secondary N) is 1. The van der Waals surface area contributed by atoms with Crippen LogP contribution in [0.15, 0.2) is 41.3 Å². The third kappa shape index (κ3) is 4.89. The summed E-state index contributed by atoms with van der Waals surface area (Å²) in [7, 11) is -0.503. The number of rotatable bonds is 8. The molecule has 0 saturated carbocycles. The molecule has 2 aromatic carbocycles. The molecular weight excluding hydrogens is 354 g/mol. The summed E-state index contributed by atoms with van der Waals surface area (Å²) in [5.74, 6) is 2.04. The third-order valence-electron chi connectivity index (χ3n) is 3.90. The zero-order valence-electron chi connectivity index (χ0n) is 15.7. The van der Waals surface area contributed by atoms with Crippen LogP contribution in [0.5, 0.6) is 17.2 Å². The van der Waals surface area contributed by atoms with Crippen LogP contribution < -0.4 is 18.9 Å². The Bertz CT molecular complexity index is 847. The van der Waals surface area contributed by atoms with Crippen molar-refractivity contribution in [2.75, 3.05) is 20.8 Å². The predicted octanol–water partition coefficient (Wildman–Crippen LogP) is 3.07. The van der Waals surface area contributed by atoms with Crippen LogP contribution in [0.25, 0.3) is 0 Å². The molecule has 0 aliphatic carbocycles. The molecule has 26 heavy (non-hydrogen) atoms. The quantitative estimate of drug-likeness (QED) is 0.763. The monoisotopic (exact) mass is 379 g/mol. The highest BCUT2D eigenvalue weighted by atomic mass is 32.2. The van der Waals surface area contributed by atoms with Gasteiger partial charge in [-0.2, -0.15) is 0 Å². The fraction of sp³-hybridized carbons (Fsp3) is 0.368. The molecule has 0 saturated heterocycles. The van der Waals surface area contributed by atoms with E-state index in [0.29, 0.717) is 17.1 Å². The van der Waals surface area contributed by atoms with E-state index in [1.165, 1.54) is 0 Å². The Hall–Kier alpha value is -2.25. The van der Waals surface area contributed by atoms with Gasteiger partial charge in [-0.15, -0.1) is 0 Å². The summed E-state index contributed by atoms with van der Waals surface area (Å²) in [4.78, 5) is 0.243. The predicted molar refractivity (Wildman–Crippen MR) is 101 cm³/mol. The first-order valence-electron chi connectivity index (χ1n) is 8.21. The number of sulfonamides is 1. The zero-order chi connectivity index (χ0) is 19.3. The van der Waals surface area contributed by atoms with Crippen LogP contribution in [-0.4, -0.2) is 35.3 Å². The van der Waals surface area contributed by atoms with Gasteiger partial charge in [0, 0.05) is 0 Å². The van der Waals surface area contributed by atoms with Gasteiger partial charge in [-0.3, -0.25) is 0 Å². The van der Waals surface area contributed by atoms with E-state index in [1.807, 2.05) is 6.92 Å². The lowest BCUT2D eigenvalue weighted by Crippen LogP contribution is -2.37. The van der Waals surface area contributed by atoms with Crippen molar-refractivity contribution in [3.05, 3.63) is 47.5 Å². The van der Waals surface area contributed by atoms with Gasteiger partial charge in [-0.1, -0.05) is 0 Å². The minimum Gasteiger partial charge on any atom is -0.497 e. The van der Waals surface area contributed by atoms with Gasteiger partial charge in [0.05, 0.1) is 25.2 Å². The molecule has 142 valence electrons. The Morgan fingerprint density at radius 2 is 1.58 bits per heavy atom. The summed E-state index contributed by atoms with van der Waals surface area (Å²) in [5, 5.41) is 0. The standard InChI is InChI=1S/C19H25NO5S/c1-13-11-19(14(2)10-18(13)24-5)26(21,22)20-15(3)12-25-17-8-6-16(23-4)7-9-17/h6-11,15,20H,12H2,1-5H3/t15-/m1/s1. The normalized spacial score (nSPS) is 12.5. The van der Waals surface area contributed by atoms with Crippen molar-refractivity contribution in [2.45, 2.75) is 31.7 Å². The molecular formula is C19H25NO5S. The summed E-state index contributed by atoms with van der Waals surface area (Å²) in [5.41, 5.74) is 1.39. The molecule has 1 N–H and O–H groups in total. The molecule has 0 unspecified atom stereocenters. The second kappa shape index (κ2) is 8.42. The van der Waals surface area contributed by atoms with Crippen LogP contribution in [0.2, 0.25) is 0 Å². The summed E-state index contributed by atoms with van der Waals surface area (Å²) in [6, 6.07) is 10.1. The van der Waals surface area contributed by atoms with Crippen molar-refractivity contribution in [3.8, 4) is 17.2 Å². The second-order valence-corrected chi connectivity index (χ2v) is 7.78. The summed E-state index contributed by atoms with van der Waals surface area (Å²) in [6.07, 6.45) is 0. The average Bonchev–Trinajstić information content (AvgIpc) is 2.61.